The molecule has 44 heavy (non-hydrogen) atoms. The third-order valence-corrected chi connectivity index (χ3v) is 6.97. The van der Waals surface area contributed by atoms with Gasteiger partial charge in [0.2, 0.25) is 5.95 Å². The molecule has 0 aliphatic rings. The Hall–Kier alpha value is -6.14. The normalized spacial score (nSPS) is 18.0. The van der Waals surface area contributed by atoms with Gasteiger partial charge in [-0.15, -0.1) is 0 Å². The Bertz CT molecular complexity index is 3530. The van der Waals surface area contributed by atoms with E-state index < -0.39 is 155 Å². The Morgan fingerprint density at radius 3 is 1.80 bits per heavy atom. The maximum absolute atomic E-state index is 9.04. The standard InChI is InChI=1S/C38H24N6/c1-2-12-25(13-3-1)36-40-37(42-38(41-36)44-32-19-9-4-14-26(32)27-15-5-10-20-33(27)44)29-17-7-11-21-34(29)43-31-18-8-6-16-28(31)30-24-39-23-22-35(30)43/h1-24H/i1D,2D,3D,4D,5D,6D,8D,9D,10D,12D,13D,14D,15D,16D,18D,19D,20D,22D,23D,24D. The third-order valence-electron chi connectivity index (χ3n) is 6.97. The molecule has 0 spiro atoms. The van der Waals surface area contributed by atoms with Gasteiger partial charge in [0.15, 0.2) is 11.6 Å². The number of hydrogen-bond acceptors (Lipinski definition) is 4. The molecule has 0 radical (unpaired) electrons. The molecular formula is C38H24N6. The number of hydrogen-bond donors (Lipinski definition) is 0. The number of para-hydroxylation sites is 4. The lowest BCUT2D eigenvalue weighted by Crippen LogP contribution is -2.07. The van der Waals surface area contributed by atoms with Crippen molar-refractivity contribution in [1.29, 1.82) is 0 Å². The van der Waals surface area contributed by atoms with Gasteiger partial charge in [0.25, 0.3) is 0 Å². The molecule has 4 heterocycles. The van der Waals surface area contributed by atoms with Gasteiger partial charge in [-0.25, -0.2) is 4.98 Å². The molecule has 0 saturated carbocycles. The Labute approximate surface area is 280 Å². The summed E-state index contributed by atoms with van der Waals surface area (Å²) in [5, 5.41) is -1.07. The zero-order chi connectivity index (χ0) is 46.4. The summed E-state index contributed by atoms with van der Waals surface area (Å²) < 4.78 is 176. The van der Waals surface area contributed by atoms with E-state index in [2.05, 4.69) is 19.9 Å². The van der Waals surface area contributed by atoms with Crippen LogP contribution in [0.15, 0.2) is 145 Å². The largest absolute Gasteiger partial charge is 0.308 e. The van der Waals surface area contributed by atoms with Crippen LogP contribution in [0.4, 0.5) is 0 Å². The fourth-order valence-corrected chi connectivity index (χ4v) is 5.17. The minimum atomic E-state index is -0.784. The molecule has 0 fully saturated rings. The highest BCUT2D eigenvalue weighted by molar-refractivity contribution is 6.10. The van der Waals surface area contributed by atoms with Gasteiger partial charge >= 0.3 is 0 Å². The molecule has 0 aliphatic heterocycles. The van der Waals surface area contributed by atoms with Gasteiger partial charge < -0.3 is 4.57 Å². The molecule has 6 heteroatoms. The van der Waals surface area contributed by atoms with Crippen molar-refractivity contribution >= 4 is 43.6 Å². The van der Waals surface area contributed by atoms with Crippen LogP contribution in [0.2, 0.25) is 0 Å². The van der Waals surface area contributed by atoms with Gasteiger partial charge in [-0.3, -0.25) is 9.55 Å². The zero-order valence-electron chi connectivity index (χ0n) is 42.0. The summed E-state index contributed by atoms with van der Waals surface area (Å²) in [5.41, 5.74) is -1.97. The van der Waals surface area contributed by atoms with E-state index in [9.17, 15) is 0 Å². The zero-order valence-corrected chi connectivity index (χ0v) is 22.0. The average Bonchev–Trinajstić information content (AvgIpc) is 3.84. The first kappa shape index (κ1) is 11.9. The topological polar surface area (TPSA) is 61.4 Å². The van der Waals surface area contributed by atoms with E-state index in [1.54, 1.807) is 0 Å². The molecule has 0 unspecified atom stereocenters. The summed E-state index contributed by atoms with van der Waals surface area (Å²) in [4.78, 5) is 17.6. The van der Waals surface area contributed by atoms with Gasteiger partial charge in [0, 0.05) is 45.0 Å². The van der Waals surface area contributed by atoms with Gasteiger partial charge in [0.1, 0.15) is 0 Å². The van der Waals surface area contributed by atoms with E-state index in [-0.39, 0.29) is 43.8 Å². The van der Waals surface area contributed by atoms with Crippen LogP contribution in [0.3, 0.4) is 0 Å². The summed E-state index contributed by atoms with van der Waals surface area (Å²) in [5.74, 6) is -1.65. The van der Waals surface area contributed by atoms with E-state index in [1.807, 2.05) is 0 Å². The molecule has 0 saturated heterocycles. The van der Waals surface area contributed by atoms with Crippen LogP contribution in [-0.4, -0.2) is 29.1 Å². The molecule has 4 aromatic heterocycles. The van der Waals surface area contributed by atoms with Crippen LogP contribution < -0.4 is 0 Å². The highest BCUT2D eigenvalue weighted by Gasteiger charge is 2.20. The fourth-order valence-electron chi connectivity index (χ4n) is 5.17. The predicted octanol–water partition coefficient (Wildman–Crippen LogP) is 8.79. The van der Waals surface area contributed by atoms with Crippen LogP contribution in [0.5, 0.6) is 0 Å². The van der Waals surface area contributed by atoms with Crippen molar-refractivity contribution in [1.82, 2.24) is 29.1 Å². The first-order chi connectivity index (χ1) is 30.1. The maximum atomic E-state index is 9.04. The molecule has 9 rings (SSSR count). The highest BCUT2D eigenvalue weighted by atomic mass is 15.2. The van der Waals surface area contributed by atoms with Crippen molar-refractivity contribution in [2.75, 3.05) is 0 Å². The van der Waals surface area contributed by atoms with Crippen molar-refractivity contribution < 1.29 is 27.4 Å². The minimum absolute atomic E-state index is 0.0405. The van der Waals surface area contributed by atoms with Crippen LogP contribution in [0, 0.1) is 0 Å². The molecule has 0 amide bonds. The number of benzene rings is 5. The lowest BCUT2D eigenvalue weighted by Gasteiger charge is -2.15. The summed E-state index contributed by atoms with van der Waals surface area (Å²) in [6.45, 7) is 0. The van der Waals surface area contributed by atoms with Crippen molar-refractivity contribution in [2.45, 2.75) is 0 Å². The number of pyridine rings is 1. The average molecular weight is 585 g/mol. The van der Waals surface area contributed by atoms with Crippen molar-refractivity contribution in [3.05, 3.63) is 145 Å². The minimum Gasteiger partial charge on any atom is -0.308 e. The summed E-state index contributed by atoms with van der Waals surface area (Å²) in [6, 6.07) is -6.85. The lowest BCUT2D eigenvalue weighted by atomic mass is 10.1. The second-order valence-corrected chi connectivity index (χ2v) is 9.33. The van der Waals surface area contributed by atoms with E-state index in [0.29, 0.717) is 0 Å². The first-order valence-electron chi connectivity index (χ1n) is 23.0. The second kappa shape index (κ2) is 9.71. The maximum Gasteiger partial charge on any atom is 0.238 e. The van der Waals surface area contributed by atoms with Gasteiger partial charge in [-0.2, -0.15) is 9.97 Å². The SMILES string of the molecule is [2H]c1nc([2H])c2c3c([2H])c([2H])c([2H])c([2H])c3n(-c3ccccc3-c3nc(-c4c([2H])c([2H])c([2H])c([2H])c4[2H])nc(-n4c5c([2H])c([2H])c([2H])c([2H])c5c5c([2H])c([2H])c([2H])c([2H])c54)n3)c2c1[2H]. The molecule has 206 valence electrons. The second-order valence-electron chi connectivity index (χ2n) is 9.33. The van der Waals surface area contributed by atoms with Crippen molar-refractivity contribution in [3.8, 4) is 34.4 Å². The van der Waals surface area contributed by atoms with E-state index in [0.717, 1.165) is 4.57 Å². The Morgan fingerprint density at radius 2 is 1.07 bits per heavy atom. The Balaban J connectivity index is 1.51. The number of aromatic nitrogens is 6. The molecule has 0 atom stereocenters. The smallest absolute Gasteiger partial charge is 0.238 e. The van der Waals surface area contributed by atoms with Crippen molar-refractivity contribution in [2.24, 2.45) is 0 Å². The molecule has 0 bridgehead atoms. The molecule has 0 N–H and O–H groups in total. The van der Waals surface area contributed by atoms with E-state index in [1.165, 1.54) is 28.8 Å². The van der Waals surface area contributed by atoms with Gasteiger partial charge in [0.05, 0.1) is 55.2 Å². The Morgan fingerprint density at radius 1 is 0.500 bits per heavy atom. The van der Waals surface area contributed by atoms with E-state index >= 15 is 0 Å². The number of rotatable bonds is 4. The first-order valence-corrected chi connectivity index (χ1v) is 13.0. The summed E-state index contributed by atoms with van der Waals surface area (Å²) in [6.07, 6.45) is -1.24. The van der Waals surface area contributed by atoms with Crippen LogP contribution >= 0.6 is 0 Å². The van der Waals surface area contributed by atoms with E-state index in [4.69, 9.17) is 27.4 Å². The fraction of sp³-hybridized carbons (Fsp3) is 0. The monoisotopic (exact) mass is 584 g/mol. The summed E-state index contributed by atoms with van der Waals surface area (Å²) >= 11 is 0. The molecule has 0 aliphatic carbocycles. The number of fused-ring (bicyclic) bond motifs is 6. The van der Waals surface area contributed by atoms with Gasteiger partial charge in [-0.1, -0.05) is 96.7 Å². The highest BCUT2D eigenvalue weighted by Crippen LogP contribution is 2.36. The van der Waals surface area contributed by atoms with Crippen LogP contribution in [-0.2, 0) is 0 Å². The molecule has 6 nitrogen and oxygen atoms in total. The summed E-state index contributed by atoms with van der Waals surface area (Å²) in [7, 11) is 0. The molecule has 5 aromatic carbocycles. The van der Waals surface area contributed by atoms with Crippen molar-refractivity contribution in [3.63, 3.8) is 0 Å². The molecular weight excluding hydrogens is 540 g/mol. The molecule has 9 aromatic rings. The predicted molar refractivity (Wildman–Crippen MR) is 177 cm³/mol. The lowest BCUT2D eigenvalue weighted by molar-refractivity contribution is 0.951. The Kier molecular flexibility index (Phi) is 2.62. The van der Waals surface area contributed by atoms with Crippen LogP contribution in [0.25, 0.3) is 78.0 Å². The van der Waals surface area contributed by atoms with Gasteiger partial charge in [-0.05, 0) is 36.3 Å². The number of nitrogens with zero attached hydrogens (tertiary/aromatic N) is 6. The van der Waals surface area contributed by atoms with Crippen LogP contribution in [0.1, 0.15) is 27.4 Å². The quantitative estimate of drug-likeness (QED) is 0.207. The third kappa shape index (κ3) is 3.68.